The molecule has 2 N–H and O–H groups in total. The second-order valence-corrected chi connectivity index (χ2v) is 6.92. The molecule has 31 heavy (non-hydrogen) atoms. The molecule has 0 aliphatic carbocycles. The minimum atomic E-state index is -0.496. The van der Waals surface area contributed by atoms with Crippen LogP contribution in [0.5, 0.6) is 0 Å². The van der Waals surface area contributed by atoms with Crippen molar-refractivity contribution < 1.29 is 18.7 Å². The number of hydrogen-bond donors (Lipinski definition) is 2. The maximum atomic E-state index is 13.2. The zero-order chi connectivity index (χ0) is 22.0. The molecule has 0 atom stereocenters. The van der Waals surface area contributed by atoms with Crippen molar-refractivity contribution >= 4 is 11.4 Å². The lowest BCUT2D eigenvalue weighted by Crippen LogP contribution is -2.32. The Hall–Kier alpha value is -3.85. The van der Waals surface area contributed by atoms with E-state index in [9.17, 15) is 23.5 Å². The summed E-state index contributed by atoms with van der Waals surface area (Å²) >= 11 is 0. The van der Waals surface area contributed by atoms with Crippen LogP contribution in [0, 0.1) is 11.6 Å². The molecule has 4 aromatic rings. The SMILES string of the molecule is O=C(Cn1ccn2nc(-c3ccc(F)cc3)c(CO)c2c1=O)NCc1ccc(F)cc1. The second kappa shape index (κ2) is 8.49. The maximum Gasteiger partial charge on any atom is 0.277 e. The molecule has 0 aliphatic heterocycles. The largest absolute Gasteiger partial charge is 0.392 e. The van der Waals surface area contributed by atoms with E-state index in [-0.39, 0.29) is 30.0 Å². The molecule has 7 nitrogen and oxygen atoms in total. The fraction of sp³-hybridized carbons (Fsp3) is 0.136. The predicted molar refractivity (Wildman–Crippen MR) is 109 cm³/mol. The van der Waals surface area contributed by atoms with E-state index in [1.54, 1.807) is 12.1 Å². The fourth-order valence-electron chi connectivity index (χ4n) is 3.28. The Morgan fingerprint density at radius 3 is 2.29 bits per heavy atom. The van der Waals surface area contributed by atoms with Gasteiger partial charge in [-0.3, -0.25) is 9.59 Å². The number of nitrogens with zero attached hydrogens (tertiary/aromatic N) is 3. The van der Waals surface area contributed by atoms with Crippen molar-refractivity contribution in [3.63, 3.8) is 0 Å². The van der Waals surface area contributed by atoms with Crippen LogP contribution < -0.4 is 10.9 Å². The number of carbonyl (C=O) groups is 1. The molecule has 0 unspecified atom stereocenters. The van der Waals surface area contributed by atoms with Gasteiger partial charge in [-0.05, 0) is 42.0 Å². The third-order valence-corrected chi connectivity index (χ3v) is 4.85. The molecule has 2 aromatic heterocycles. The van der Waals surface area contributed by atoms with Gasteiger partial charge in [0.2, 0.25) is 5.91 Å². The Labute approximate surface area is 175 Å². The number of aliphatic hydroxyl groups excluding tert-OH is 1. The average molecular weight is 424 g/mol. The molecule has 9 heteroatoms. The molecule has 0 fully saturated rings. The highest BCUT2D eigenvalue weighted by atomic mass is 19.1. The van der Waals surface area contributed by atoms with Crippen molar-refractivity contribution in [3.8, 4) is 11.3 Å². The lowest BCUT2D eigenvalue weighted by molar-refractivity contribution is -0.121. The van der Waals surface area contributed by atoms with Crippen LogP contribution in [0.3, 0.4) is 0 Å². The number of aliphatic hydroxyl groups is 1. The van der Waals surface area contributed by atoms with Gasteiger partial charge in [-0.15, -0.1) is 0 Å². The lowest BCUT2D eigenvalue weighted by Gasteiger charge is -2.08. The molecule has 0 saturated carbocycles. The average Bonchev–Trinajstić information content (AvgIpc) is 3.15. The maximum absolute atomic E-state index is 13.2. The van der Waals surface area contributed by atoms with Gasteiger partial charge < -0.3 is 15.0 Å². The van der Waals surface area contributed by atoms with Gasteiger partial charge in [0.25, 0.3) is 5.56 Å². The number of aromatic nitrogens is 3. The van der Waals surface area contributed by atoms with E-state index in [0.717, 1.165) is 5.56 Å². The molecular weight excluding hydrogens is 406 g/mol. The molecule has 2 heterocycles. The zero-order valence-corrected chi connectivity index (χ0v) is 16.3. The van der Waals surface area contributed by atoms with Crippen LogP contribution in [0.15, 0.2) is 65.7 Å². The summed E-state index contributed by atoms with van der Waals surface area (Å²) in [6, 6.07) is 11.3. The van der Waals surface area contributed by atoms with Crippen molar-refractivity contribution in [1.82, 2.24) is 19.5 Å². The topological polar surface area (TPSA) is 88.6 Å². The Morgan fingerprint density at radius 1 is 1.00 bits per heavy atom. The Balaban J connectivity index is 1.59. The van der Waals surface area contributed by atoms with Crippen molar-refractivity contribution in [1.29, 1.82) is 0 Å². The molecule has 2 aromatic carbocycles. The number of carbonyl (C=O) groups excluding carboxylic acids is 1. The van der Waals surface area contributed by atoms with Gasteiger partial charge in [0.15, 0.2) is 0 Å². The highest BCUT2D eigenvalue weighted by molar-refractivity contribution is 5.76. The van der Waals surface area contributed by atoms with Crippen LogP contribution in [0.1, 0.15) is 11.1 Å². The summed E-state index contributed by atoms with van der Waals surface area (Å²) in [5.41, 5.74) is 1.56. The third-order valence-electron chi connectivity index (χ3n) is 4.85. The number of rotatable bonds is 6. The third kappa shape index (κ3) is 4.22. The number of amides is 1. The number of halogens is 2. The molecule has 0 bridgehead atoms. The van der Waals surface area contributed by atoms with Gasteiger partial charge in [-0.2, -0.15) is 5.10 Å². The summed E-state index contributed by atoms with van der Waals surface area (Å²) in [6.07, 6.45) is 2.94. The smallest absolute Gasteiger partial charge is 0.277 e. The van der Waals surface area contributed by atoms with Crippen molar-refractivity contribution in [2.45, 2.75) is 19.7 Å². The van der Waals surface area contributed by atoms with Crippen LogP contribution in [0.4, 0.5) is 8.78 Å². The summed E-state index contributed by atoms with van der Waals surface area (Å²) < 4.78 is 28.7. The zero-order valence-electron chi connectivity index (χ0n) is 16.3. The molecule has 0 radical (unpaired) electrons. The molecule has 4 rings (SSSR count). The summed E-state index contributed by atoms with van der Waals surface area (Å²) in [5.74, 6) is -1.18. The number of nitrogens with one attached hydrogen (secondary N) is 1. The first kappa shape index (κ1) is 20.4. The van der Waals surface area contributed by atoms with Gasteiger partial charge in [-0.1, -0.05) is 12.1 Å². The van der Waals surface area contributed by atoms with Gasteiger partial charge in [0.05, 0.1) is 12.3 Å². The molecule has 0 saturated heterocycles. The first-order chi connectivity index (χ1) is 15.0. The first-order valence-corrected chi connectivity index (χ1v) is 9.45. The van der Waals surface area contributed by atoms with Crippen LogP contribution >= 0.6 is 0 Å². The van der Waals surface area contributed by atoms with Gasteiger partial charge in [0, 0.05) is 30.1 Å². The van der Waals surface area contributed by atoms with Crippen LogP contribution in [-0.4, -0.2) is 25.2 Å². The van der Waals surface area contributed by atoms with Gasteiger partial charge in [-0.25, -0.2) is 13.3 Å². The van der Waals surface area contributed by atoms with Crippen LogP contribution in [0.25, 0.3) is 16.8 Å². The van der Waals surface area contributed by atoms with E-state index in [4.69, 9.17) is 0 Å². The monoisotopic (exact) mass is 424 g/mol. The van der Waals surface area contributed by atoms with Gasteiger partial charge >= 0.3 is 0 Å². The minimum absolute atomic E-state index is 0.135. The van der Waals surface area contributed by atoms with Crippen LogP contribution in [0.2, 0.25) is 0 Å². The Morgan fingerprint density at radius 2 is 1.65 bits per heavy atom. The number of fused-ring (bicyclic) bond motifs is 1. The van der Waals surface area contributed by atoms with E-state index in [1.807, 2.05) is 0 Å². The highest BCUT2D eigenvalue weighted by Gasteiger charge is 2.18. The summed E-state index contributed by atoms with van der Waals surface area (Å²) in [7, 11) is 0. The standard InChI is InChI=1S/C22H18F2N4O3/c23-16-5-1-14(2-6-16)11-25-19(30)12-27-9-10-28-21(22(27)31)18(13-29)20(26-28)15-3-7-17(24)8-4-15/h1-10,29H,11-13H2,(H,25,30). The van der Waals surface area contributed by atoms with E-state index in [1.165, 1.54) is 57.9 Å². The summed E-state index contributed by atoms with van der Waals surface area (Å²) in [6.45, 7) is -0.496. The molecule has 0 spiro atoms. The lowest BCUT2D eigenvalue weighted by atomic mass is 10.1. The molecular formula is C22H18F2N4O3. The molecule has 1 amide bonds. The minimum Gasteiger partial charge on any atom is -0.392 e. The summed E-state index contributed by atoms with van der Waals surface area (Å²) in [5, 5.41) is 16.9. The number of benzene rings is 2. The van der Waals surface area contributed by atoms with E-state index in [0.29, 0.717) is 11.3 Å². The first-order valence-electron chi connectivity index (χ1n) is 9.45. The van der Waals surface area contributed by atoms with Gasteiger partial charge in [0.1, 0.15) is 23.7 Å². The van der Waals surface area contributed by atoms with E-state index in [2.05, 4.69) is 10.4 Å². The number of hydrogen-bond acceptors (Lipinski definition) is 4. The van der Waals surface area contributed by atoms with Crippen molar-refractivity contribution in [2.75, 3.05) is 0 Å². The van der Waals surface area contributed by atoms with E-state index >= 15 is 0 Å². The summed E-state index contributed by atoms with van der Waals surface area (Å²) in [4.78, 5) is 25.3. The van der Waals surface area contributed by atoms with Crippen LogP contribution in [-0.2, 0) is 24.5 Å². The fourth-order valence-corrected chi connectivity index (χ4v) is 3.28. The van der Waals surface area contributed by atoms with E-state index < -0.39 is 23.9 Å². The Kier molecular flexibility index (Phi) is 5.59. The molecule has 0 aliphatic rings. The normalized spacial score (nSPS) is 11.1. The molecule has 158 valence electrons. The van der Waals surface area contributed by atoms with Crippen molar-refractivity contribution in [2.24, 2.45) is 0 Å². The Bertz CT molecular complexity index is 1300. The quantitative estimate of drug-likeness (QED) is 0.497. The second-order valence-electron chi connectivity index (χ2n) is 6.92. The highest BCUT2D eigenvalue weighted by Crippen LogP contribution is 2.25. The van der Waals surface area contributed by atoms with Crippen molar-refractivity contribution in [3.05, 3.63) is 94.0 Å². The predicted octanol–water partition coefficient (Wildman–Crippen LogP) is 2.25.